The lowest BCUT2D eigenvalue weighted by Crippen LogP contribution is -2.70. The molecule has 8 heteroatoms. The molecule has 1 aromatic carbocycles. The molecule has 7 nitrogen and oxygen atoms in total. The molecule has 0 radical (unpaired) electrons. The van der Waals surface area contributed by atoms with Crippen LogP contribution in [-0.4, -0.2) is 57.1 Å². The third-order valence-electron chi connectivity index (χ3n) is 4.52. The Morgan fingerprint density at radius 3 is 2.54 bits per heavy atom. The first-order valence-corrected chi connectivity index (χ1v) is 8.98. The quantitative estimate of drug-likeness (QED) is 0.595. The zero-order chi connectivity index (χ0) is 19.1. The Labute approximate surface area is 155 Å². The summed E-state index contributed by atoms with van der Waals surface area (Å²) in [6.07, 6.45) is 3.00. The molecule has 26 heavy (non-hydrogen) atoms. The minimum absolute atomic E-state index is 0.350. The van der Waals surface area contributed by atoms with Crippen molar-refractivity contribution in [3.63, 3.8) is 0 Å². The van der Waals surface area contributed by atoms with Gasteiger partial charge in [0, 0.05) is 10.8 Å². The SMILES string of the molecule is COc1ccc(/C=C/C(=O)N[C@@H]2C(=O)N3[C@@H](C(=O)O)C(C)(C)S[C@@H]23)cc1. The number of amides is 2. The van der Waals surface area contributed by atoms with E-state index in [2.05, 4.69) is 5.32 Å². The van der Waals surface area contributed by atoms with Crippen molar-refractivity contribution in [3.8, 4) is 5.75 Å². The Morgan fingerprint density at radius 2 is 1.96 bits per heavy atom. The number of β-lactam (4-membered cyclic amide) rings is 1. The summed E-state index contributed by atoms with van der Waals surface area (Å²) in [5.41, 5.74) is 0.824. The molecule has 3 rings (SSSR count). The van der Waals surface area contributed by atoms with Crippen LogP contribution in [0.2, 0.25) is 0 Å². The number of fused-ring (bicyclic) bond motifs is 1. The van der Waals surface area contributed by atoms with E-state index in [0.29, 0.717) is 0 Å². The molecular formula is C18H20N2O5S. The fourth-order valence-corrected chi connectivity index (χ4v) is 4.86. The summed E-state index contributed by atoms with van der Waals surface area (Å²) in [5.74, 6) is -1.05. The maximum Gasteiger partial charge on any atom is 0.327 e. The van der Waals surface area contributed by atoms with Gasteiger partial charge in [-0.2, -0.15) is 0 Å². The van der Waals surface area contributed by atoms with Gasteiger partial charge < -0.3 is 20.1 Å². The molecule has 2 N–H and O–H groups in total. The van der Waals surface area contributed by atoms with E-state index in [4.69, 9.17) is 4.74 Å². The number of carboxylic acids is 1. The highest BCUT2D eigenvalue weighted by atomic mass is 32.2. The van der Waals surface area contributed by atoms with Crippen molar-refractivity contribution in [2.75, 3.05) is 7.11 Å². The second kappa shape index (κ2) is 6.68. The normalized spacial score (nSPS) is 26.3. The number of carboxylic acid groups (broad SMARTS) is 1. The molecular weight excluding hydrogens is 356 g/mol. The van der Waals surface area contributed by atoms with E-state index in [1.54, 1.807) is 39.2 Å². The van der Waals surface area contributed by atoms with Crippen LogP contribution in [0, 0.1) is 0 Å². The Morgan fingerprint density at radius 1 is 1.31 bits per heavy atom. The standard InChI is InChI=1S/C18H20N2O5S/c1-18(2)14(17(23)24)20-15(22)13(16(20)26-18)19-12(21)9-6-10-4-7-11(25-3)8-5-10/h4-9,13-14,16H,1-3H3,(H,19,21)(H,23,24)/b9-6+/t13-,14+,16+/m1/s1. The summed E-state index contributed by atoms with van der Waals surface area (Å²) >= 11 is 1.40. The van der Waals surface area contributed by atoms with Gasteiger partial charge in [-0.1, -0.05) is 12.1 Å². The van der Waals surface area contributed by atoms with E-state index in [1.807, 2.05) is 12.1 Å². The number of hydrogen-bond acceptors (Lipinski definition) is 5. The Bertz CT molecular complexity index is 774. The molecule has 2 saturated heterocycles. The lowest BCUT2D eigenvalue weighted by atomic mass is 9.96. The maximum absolute atomic E-state index is 12.3. The number of carbonyl (C=O) groups is 3. The highest BCUT2D eigenvalue weighted by Gasteiger charge is 2.64. The summed E-state index contributed by atoms with van der Waals surface area (Å²) in [5, 5.41) is 11.7. The van der Waals surface area contributed by atoms with Crippen LogP contribution in [0.5, 0.6) is 5.75 Å². The van der Waals surface area contributed by atoms with Gasteiger partial charge in [0.1, 0.15) is 23.2 Å². The maximum atomic E-state index is 12.3. The Kier molecular flexibility index (Phi) is 4.70. The number of ether oxygens (including phenoxy) is 1. The van der Waals surface area contributed by atoms with E-state index >= 15 is 0 Å². The van der Waals surface area contributed by atoms with E-state index in [9.17, 15) is 19.5 Å². The predicted octanol–water partition coefficient (Wildman–Crippen LogP) is 1.34. The van der Waals surface area contributed by atoms with Crippen LogP contribution < -0.4 is 10.1 Å². The van der Waals surface area contributed by atoms with E-state index < -0.39 is 28.7 Å². The topological polar surface area (TPSA) is 95.9 Å². The molecule has 3 atom stereocenters. The summed E-state index contributed by atoms with van der Waals surface area (Å²) < 4.78 is 4.47. The van der Waals surface area contributed by atoms with Crippen molar-refractivity contribution in [3.05, 3.63) is 35.9 Å². The van der Waals surface area contributed by atoms with Crippen LogP contribution in [-0.2, 0) is 14.4 Å². The summed E-state index contributed by atoms with van der Waals surface area (Å²) in [4.78, 5) is 37.3. The second-order valence-corrected chi connectivity index (χ2v) is 8.46. The zero-order valence-electron chi connectivity index (χ0n) is 14.6. The highest BCUT2D eigenvalue weighted by Crippen LogP contribution is 2.50. The number of methoxy groups -OCH3 is 1. The number of carbonyl (C=O) groups excluding carboxylic acids is 2. The number of benzene rings is 1. The lowest BCUT2D eigenvalue weighted by molar-refractivity contribution is -0.160. The number of rotatable bonds is 5. The van der Waals surface area contributed by atoms with Gasteiger partial charge in [-0.25, -0.2) is 4.79 Å². The van der Waals surface area contributed by atoms with Crippen molar-refractivity contribution in [2.45, 2.75) is 36.1 Å². The summed E-state index contributed by atoms with van der Waals surface area (Å²) in [7, 11) is 1.58. The number of aliphatic carboxylic acids is 1. The fourth-order valence-electron chi connectivity index (χ4n) is 3.23. The van der Waals surface area contributed by atoms with Gasteiger partial charge >= 0.3 is 5.97 Å². The molecule has 1 aromatic rings. The molecule has 2 aliphatic heterocycles. The third kappa shape index (κ3) is 3.16. The molecule has 0 unspecified atom stereocenters. The van der Waals surface area contributed by atoms with Crippen LogP contribution in [0.15, 0.2) is 30.3 Å². The molecule has 0 aliphatic carbocycles. The van der Waals surface area contributed by atoms with Gasteiger partial charge in [0.25, 0.3) is 0 Å². The van der Waals surface area contributed by atoms with Crippen molar-refractivity contribution < 1.29 is 24.2 Å². The Hall–Kier alpha value is -2.48. The minimum Gasteiger partial charge on any atom is -0.497 e. The number of nitrogens with one attached hydrogen (secondary N) is 1. The van der Waals surface area contributed by atoms with E-state index in [1.165, 1.54) is 22.7 Å². The van der Waals surface area contributed by atoms with Crippen molar-refractivity contribution in [1.82, 2.24) is 10.2 Å². The fraction of sp³-hybridized carbons (Fsp3) is 0.389. The molecule has 138 valence electrons. The largest absolute Gasteiger partial charge is 0.497 e. The average Bonchev–Trinajstić information content (AvgIpc) is 2.86. The second-order valence-electron chi connectivity index (χ2n) is 6.69. The van der Waals surface area contributed by atoms with Crippen molar-refractivity contribution >= 4 is 35.6 Å². The summed E-state index contributed by atoms with van der Waals surface area (Å²) in [6, 6.07) is 5.62. The van der Waals surface area contributed by atoms with Crippen LogP contribution in [0.1, 0.15) is 19.4 Å². The van der Waals surface area contributed by atoms with Crippen LogP contribution >= 0.6 is 11.8 Å². The van der Waals surface area contributed by atoms with Gasteiger partial charge in [-0.3, -0.25) is 9.59 Å². The molecule has 0 bridgehead atoms. The third-order valence-corrected chi connectivity index (χ3v) is 6.09. The van der Waals surface area contributed by atoms with Gasteiger partial charge in [-0.15, -0.1) is 11.8 Å². The smallest absolute Gasteiger partial charge is 0.327 e. The number of hydrogen-bond donors (Lipinski definition) is 2. The highest BCUT2D eigenvalue weighted by molar-refractivity contribution is 8.01. The van der Waals surface area contributed by atoms with Crippen molar-refractivity contribution in [2.24, 2.45) is 0 Å². The molecule has 2 aliphatic rings. The molecule has 2 heterocycles. The number of nitrogens with zero attached hydrogens (tertiary/aromatic N) is 1. The predicted molar refractivity (Wildman–Crippen MR) is 97.7 cm³/mol. The number of thioether (sulfide) groups is 1. The summed E-state index contributed by atoms with van der Waals surface area (Å²) in [6.45, 7) is 3.59. The molecule has 0 aromatic heterocycles. The first-order chi connectivity index (χ1) is 12.2. The van der Waals surface area contributed by atoms with E-state index in [-0.39, 0.29) is 11.3 Å². The van der Waals surface area contributed by atoms with Gasteiger partial charge in [0.15, 0.2) is 0 Å². The average molecular weight is 376 g/mol. The molecule has 0 saturated carbocycles. The van der Waals surface area contributed by atoms with Gasteiger partial charge in [0.05, 0.1) is 7.11 Å². The first-order valence-electron chi connectivity index (χ1n) is 8.10. The van der Waals surface area contributed by atoms with Gasteiger partial charge in [0.2, 0.25) is 11.8 Å². The van der Waals surface area contributed by atoms with Crippen LogP contribution in [0.3, 0.4) is 0 Å². The zero-order valence-corrected chi connectivity index (χ0v) is 15.4. The van der Waals surface area contributed by atoms with Crippen molar-refractivity contribution in [1.29, 1.82) is 0 Å². The molecule has 2 fully saturated rings. The first kappa shape index (κ1) is 18.3. The van der Waals surface area contributed by atoms with Gasteiger partial charge in [-0.05, 0) is 37.6 Å². The van der Waals surface area contributed by atoms with Crippen LogP contribution in [0.25, 0.3) is 6.08 Å². The lowest BCUT2D eigenvalue weighted by Gasteiger charge is -2.43. The van der Waals surface area contributed by atoms with Crippen LogP contribution in [0.4, 0.5) is 0 Å². The van der Waals surface area contributed by atoms with E-state index in [0.717, 1.165) is 11.3 Å². The minimum atomic E-state index is -1.03. The molecule has 2 amide bonds. The Balaban J connectivity index is 1.63. The monoisotopic (exact) mass is 376 g/mol. The molecule has 0 spiro atoms.